The van der Waals surface area contributed by atoms with Crippen molar-refractivity contribution in [2.45, 2.75) is 45.3 Å². The van der Waals surface area contributed by atoms with Gasteiger partial charge in [0.05, 0.1) is 19.3 Å². The Morgan fingerprint density at radius 2 is 2.20 bits per heavy atom. The predicted molar refractivity (Wildman–Crippen MR) is 102 cm³/mol. The highest BCUT2D eigenvalue weighted by Crippen LogP contribution is 2.33. The first-order valence-electron chi connectivity index (χ1n) is 8.86. The van der Waals surface area contributed by atoms with Crippen LogP contribution in [0.25, 0.3) is 0 Å². The maximum atomic E-state index is 12.4. The summed E-state index contributed by atoms with van der Waals surface area (Å²) < 4.78 is 11.5. The Kier molecular flexibility index (Phi) is 7.24. The molecular formula is C19H30NO4P. The molecule has 5 nitrogen and oxygen atoms in total. The molecule has 1 aliphatic rings. The van der Waals surface area contributed by atoms with Crippen LogP contribution in [0.1, 0.15) is 45.3 Å². The van der Waals surface area contributed by atoms with E-state index in [9.17, 15) is 4.79 Å². The molecule has 0 aliphatic carbocycles. The molecule has 1 heterocycles. The lowest BCUT2D eigenvalue weighted by Crippen LogP contribution is -2.44. The summed E-state index contributed by atoms with van der Waals surface area (Å²) in [7, 11) is 2.70. The van der Waals surface area contributed by atoms with Crippen molar-refractivity contribution in [2.24, 2.45) is 5.92 Å². The van der Waals surface area contributed by atoms with E-state index >= 15 is 0 Å². The molecule has 0 aromatic heterocycles. The van der Waals surface area contributed by atoms with Gasteiger partial charge in [0.1, 0.15) is 5.60 Å². The van der Waals surface area contributed by atoms with Crippen molar-refractivity contribution in [1.82, 2.24) is 4.90 Å². The van der Waals surface area contributed by atoms with Gasteiger partial charge in [0.15, 0.2) is 0 Å². The number of nitrogens with zero attached hydrogens (tertiary/aromatic N) is 1. The Labute approximate surface area is 152 Å². The molecule has 3 unspecified atom stereocenters. The zero-order chi connectivity index (χ0) is 18.4. The lowest BCUT2D eigenvalue weighted by atomic mass is 9.88. The van der Waals surface area contributed by atoms with Gasteiger partial charge in [-0.3, -0.25) is 0 Å². The minimum Gasteiger partial charge on any atom is -0.444 e. The quantitative estimate of drug-likeness (QED) is 0.813. The second-order valence-electron chi connectivity index (χ2n) is 7.51. The van der Waals surface area contributed by atoms with Crippen LogP contribution in [0.2, 0.25) is 0 Å². The van der Waals surface area contributed by atoms with Crippen LogP contribution >= 0.6 is 9.24 Å². The van der Waals surface area contributed by atoms with E-state index in [0.717, 1.165) is 23.7 Å². The van der Waals surface area contributed by atoms with E-state index < -0.39 is 5.60 Å². The van der Waals surface area contributed by atoms with Crippen LogP contribution in [0.4, 0.5) is 4.79 Å². The van der Waals surface area contributed by atoms with Crippen molar-refractivity contribution in [1.29, 1.82) is 0 Å². The minimum absolute atomic E-state index is 0.0143. The first-order chi connectivity index (χ1) is 11.8. The Morgan fingerprint density at radius 1 is 1.44 bits per heavy atom. The van der Waals surface area contributed by atoms with Crippen LogP contribution in [0.3, 0.4) is 0 Å². The van der Waals surface area contributed by atoms with Gasteiger partial charge in [-0.25, -0.2) is 4.79 Å². The summed E-state index contributed by atoms with van der Waals surface area (Å²) >= 11 is 0. The summed E-state index contributed by atoms with van der Waals surface area (Å²) in [6.45, 7) is 7.22. The highest BCUT2D eigenvalue weighted by atomic mass is 31.0. The third-order valence-electron chi connectivity index (χ3n) is 4.17. The summed E-state index contributed by atoms with van der Waals surface area (Å²) in [5, 5.41) is 10.3. The number of aliphatic hydroxyl groups is 1. The van der Waals surface area contributed by atoms with E-state index in [-0.39, 0.29) is 31.3 Å². The largest absolute Gasteiger partial charge is 0.444 e. The highest BCUT2D eigenvalue weighted by Gasteiger charge is 2.33. The van der Waals surface area contributed by atoms with Crippen molar-refractivity contribution >= 4 is 20.6 Å². The summed E-state index contributed by atoms with van der Waals surface area (Å²) in [6, 6.07) is 8.15. The molecule has 1 saturated heterocycles. The molecule has 1 N–H and O–H groups in total. The molecular weight excluding hydrogens is 337 g/mol. The number of hydrogen-bond donors (Lipinski definition) is 1. The van der Waals surface area contributed by atoms with Crippen molar-refractivity contribution in [2.75, 3.05) is 26.3 Å². The second-order valence-corrected chi connectivity index (χ2v) is 8.18. The van der Waals surface area contributed by atoms with Crippen LogP contribution in [-0.2, 0) is 9.47 Å². The minimum atomic E-state index is -0.495. The van der Waals surface area contributed by atoms with Crippen LogP contribution in [0.15, 0.2) is 24.3 Å². The Morgan fingerprint density at radius 3 is 2.84 bits per heavy atom. The van der Waals surface area contributed by atoms with E-state index in [0.29, 0.717) is 13.1 Å². The van der Waals surface area contributed by atoms with Gasteiger partial charge in [0, 0.05) is 19.0 Å². The molecule has 0 radical (unpaired) electrons. The number of aliphatic hydroxyl groups excluding tert-OH is 1. The van der Waals surface area contributed by atoms with E-state index in [1.165, 1.54) is 0 Å². The molecule has 6 heteroatoms. The fraction of sp³-hybridized carbons (Fsp3) is 0.632. The highest BCUT2D eigenvalue weighted by molar-refractivity contribution is 7.27. The van der Waals surface area contributed by atoms with Crippen molar-refractivity contribution in [3.63, 3.8) is 0 Å². The molecule has 25 heavy (non-hydrogen) atoms. The molecule has 1 aliphatic heterocycles. The number of piperidine rings is 1. The smallest absolute Gasteiger partial charge is 0.410 e. The van der Waals surface area contributed by atoms with E-state index in [4.69, 9.17) is 14.6 Å². The maximum absolute atomic E-state index is 12.4. The van der Waals surface area contributed by atoms with Gasteiger partial charge >= 0.3 is 6.09 Å². The van der Waals surface area contributed by atoms with Gasteiger partial charge in [-0.1, -0.05) is 18.2 Å². The maximum Gasteiger partial charge on any atom is 0.410 e. The normalized spacial score (nSPS) is 19.6. The van der Waals surface area contributed by atoms with Gasteiger partial charge in [0.2, 0.25) is 0 Å². The molecule has 0 saturated carbocycles. The van der Waals surface area contributed by atoms with Crippen LogP contribution in [-0.4, -0.2) is 48.0 Å². The standard InChI is InChI=1S/C19H30NO4P/c1-19(2,3)24-18(22)20-9-5-7-15(13-20)17(23-11-10-21)14-6-4-8-16(25)12-14/h4,6,8,12,15,17,21H,5,7,9-11,13,25H2,1-3H3. The fourth-order valence-electron chi connectivity index (χ4n) is 3.17. The number of hydrogen-bond acceptors (Lipinski definition) is 4. The average molecular weight is 367 g/mol. The van der Waals surface area contributed by atoms with E-state index in [1.807, 2.05) is 39.0 Å². The van der Waals surface area contributed by atoms with Gasteiger partial charge in [-0.15, -0.1) is 9.24 Å². The lowest BCUT2D eigenvalue weighted by molar-refractivity contribution is -0.0347. The SMILES string of the molecule is CC(C)(C)OC(=O)N1CCCC(C(OCCO)c2cccc(P)c2)C1. The number of amides is 1. The second kappa shape index (κ2) is 8.98. The molecule has 3 atom stereocenters. The number of carbonyl (C=O) groups is 1. The fourth-order valence-corrected chi connectivity index (χ4v) is 3.47. The van der Waals surface area contributed by atoms with E-state index in [1.54, 1.807) is 4.90 Å². The zero-order valence-corrected chi connectivity index (χ0v) is 16.6. The first kappa shape index (κ1) is 20.2. The predicted octanol–water partition coefficient (Wildman–Crippen LogP) is 2.88. The first-order valence-corrected chi connectivity index (χ1v) is 9.43. The third kappa shape index (κ3) is 6.25. The summed E-state index contributed by atoms with van der Waals surface area (Å²) in [6.07, 6.45) is 1.50. The van der Waals surface area contributed by atoms with Gasteiger partial charge in [0.25, 0.3) is 0 Å². The van der Waals surface area contributed by atoms with Crippen LogP contribution in [0, 0.1) is 5.92 Å². The topological polar surface area (TPSA) is 59.0 Å². The molecule has 1 aromatic rings. The number of benzene rings is 1. The Bertz CT molecular complexity index is 573. The van der Waals surface area contributed by atoms with Crippen molar-refractivity contribution in [3.8, 4) is 0 Å². The molecule has 1 fully saturated rings. The number of ether oxygens (including phenoxy) is 2. The summed E-state index contributed by atoms with van der Waals surface area (Å²) in [5.74, 6) is 0.180. The average Bonchev–Trinajstić information content (AvgIpc) is 2.54. The van der Waals surface area contributed by atoms with Crippen LogP contribution in [0.5, 0.6) is 0 Å². The van der Waals surface area contributed by atoms with Crippen molar-refractivity contribution < 1.29 is 19.4 Å². The zero-order valence-electron chi connectivity index (χ0n) is 15.4. The molecule has 0 bridgehead atoms. The number of carbonyl (C=O) groups excluding carboxylic acids is 1. The third-order valence-corrected chi connectivity index (χ3v) is 4.52. The molecule has 140 valence electrons. The Hall–Kier alpha value is -1.16. The van der Waals surface area contributed by atoms with Crippen molar-refractivity contribution in [3.05, 3.63) is 29.8 Å². The van der Waals surface area contributed by atoms with Gasteiger partial charge in [-0.2, -0.15) is 0 Å². The van der Waals surface area contributed by atoms with Crippen LogP contribution < -0.4 is 5.30 Å². The Balaban J connectivity index is 2.12. The summed E-state index contributed by atoms with van der Waals surface area (Å²) in [4.78, 5) is 14.2. The molecule has 2 rings (SSSR count). The lowest BCUT2D eigenvalue weighted by Gasteiger charge is -2.37. The van der Waals surface area contributed by atoms with Gasteiger partial charge < -0.3 is 19.5 Å². The monoisotopic (exact) mass is 367 g/mol. The molecule has 0 spiro atoms. The summed E-state index contributed by atoms with van der Waals surface area (Å²) in [5.41, 5.74) is 0.585. The van der Waals surface area contributed by atoms with E-state index in [2.05, 4.69) is 15.3 Å². The number of likely N-dealkylation sites (tertiary alicyclic amines) is 1. The van der Waals surface area contributed by atoms with Gasteiger partial charge in [-0.05, 0) is 50.5 Å². The number of rotatable bonds is 5. The molecule has 1 aromatic carbocycles. The molecule has 1 amide bonds.